The van der Waals surface area contributed by atoms with Crippen molar-refractivity contribution in [1.82, 2.24) is 4.37 Å². The maximum atomic E-state index is 11.7. The number of rotatable bonds is 4. The Kier molecular flexibility index (Phi) is 3.99. The van der Waals surface area contributed by atoms with E-state index >= 15 is 0 Å². The summed E-state index contributed by atoms with van der Waals surface area (Å²) in [6, 6.07) is 3.52. The first-order valence-corrected chi connectivity index (χ1v) is 6.50. The Hall–Kier alpha value is -2.41. The lowest BCUT2D eigenvalue weighted by Gasteiger charge is -1.99. The van der Waals surface area contributed by atoms with Gasteiger partial charge in [-0.1, -0.05) is 0 Å². The van der Waals surface area contributed by atoms with Gasteiger partial charge >= 0.3 is 5.97 Å². The average molecular weight is 292 g/mol. The van der Waals surface area contributed by atoms with E-state index in [4.69, 9.17) is 9.52 Å². The fourth-order valence-electron chi connectivity index (χ4n) is 1.56. The second-order valence-electron chi connectivity index (χ2n) is 4.05. The van der Waals surface area contributed by atoms with Gasteiger partial charge in [0.15, 0.2) is 0 Å². The second kappa shape index (κ2) is 5.70. The van der Waals surface area contributed by atoms with Crippen LogP contribution < -0.4 is 5.32 Å². The summed E-state index contributed by atoms with van der Waals surface area (Å²) in [6.07, 6.45) is 2.79. The van der Waals surface area contributed by atoms with Crippen LogP contribution in [0.15, 0.2) is 22.6 Å². The van der Waals surface area contributed by atoms with E-state index in [9.17, 15) is 9.59 Å². The quantitative estimate of drug-likeness (QED) is 0.845. The highest BCUT2D eigenvalue weighted by Gasteiger charge is 2.18. The van der Waals surface area contributed by atoms with Gasteiger partial charge in [-0.2, -0.15) is 4.37 Å². The first-order chi connectivity index (χ1) is 9.47. The van der Waals surface area contributed by atoms with Gasteiger partial charge in [0.05, 0.1) is 5.69 Å². The lowest BCUT2D eigenvalue weighted by Crippen LogP contribution is -2.10. The van der Waals surface area contributed by atoms with E-state index in [0.717, 1.165) is 17.3 Å². The van der Waals surface area contributed by atoms with Crippen molar-refractivity contribution in [3.8, 4) is 0 Å². The largest absolute Gasteiger partial charge is 0.478 e. The molecule has 0 aliphatic heterocycles. The van der Waals surface area contributed by atoms with Crippen molar-refractivity contribution in [1.29, 1.82) is 0 Å². The molecule has 0 saturated heterocycles. The molecular formula is C13H12N2O4S. The fourth-order valence-corrected chi connectivity index (χ4v) is 2.35. The summed E-state index contributed by atoms with van der Waals surface area (Å²) in [4.78, 5) is 22.8. The molecule has 6 nitrogen and oxygen atoms in total. The molecule has 1 amide bonds. The van der Waals surface area contributed by atoms with Gasteiger partial charge in [-0.25, -0.2) is 4.79 Å². The van der Waals surface area contributed by atoms with Crippen molar-refractivity contribution in [3.05, 3.63) is 41.0 Å². The smallest absolute Gasteiger partial charge is 0.340 e. The number of nitrogens with one attached hydrogen (secondary N) is 1. The first kappa shape index (κ1) is 14.0. The van der Waals surface area contributed by atoms with Gasteiger partial charge in [0.1, 0.15) is 22.1 Å². The maximum absolute atomic E-state index is 11.7. The molecule has 0 saturated carbocycles. The van der Waals surface area contributed by atoms with Crippen molar-refractivity contribution < 1.29 is 19.1 Å². The third-order valence-electron chi connectivity index (χ3n) is 2.47. The Bertz CT molecular complexity index is 684. The summed E-state index contributed by atoms with van der Waals surface area (Å²) in [5.74, 6) is -0.254. The van der Waals surface area contributed by atoms with Crippen molar-refractivity contribution in [2.75, 3.05) is 5.32 Å². The Morgan fingerprint density at radius 2 is 2.15 bits per heavy atom. The normalized spacial score (nSPS) is 10.9. The van der Waals surface area contributed by atoms with E-state index in [2.05, 4.69) is 9.69 Å². The summed E-state index contributed by atoms with van der Waals surface area (Å²) in [6.45, 7) is 3.38. The average Bonchev–Trinajstić information content (AvgIpc) is 2.93. The number of aromatic nitrogens is 1. The molecule has 2 aromatic heterocycles. The van der Waals surface area contributed by atoms with Gasteiger partial charge in [-0.3, -0.25) is 4.79 Å². The van der Waals surface area contributed by atoms with Crippen molar-refractivity contribution in [2.24, 2.45) is 0 Å². The molecule has 0 aliphatic carbocycles. The fraction of sp³-hybridized carbons (Fsp3) is 0.154. The van der Waals surface area contributed by atoms with Crippen molar-refractivity contribution in [2.45, 2.75) is 13.8 Å². The van der Waals surface area contributed by atoms with Crippen molar-refractivity contribution in [3.63, 3.8) is 0 Å². The number of carboxylic acids is 1. The Labute approximate surface area is 118 Å². The van der Waals surface area contributed by atoms with Crippen LogP contribution in [0.3, 0.4) is 0 Å². The SMILES string of the molecule is Cc1ccc(/C=C/C(=O)Nc2snc(C)c2C(=O)O)o1. The number of carbonyl (C=O) groups is 2. The summed E-state index contributed by atoms with van der Waals surface area (Å²) >= 11 is 0.939. The highest BCUT2D eigenvalue weighted by Crippen LogP contribution is 2.24. The van der Waals surface area contributed by atoms with E-state index in [1.165, 1.54) is 12.2 Å². The van der Waals surface area contributed by atoms with Gasteiger partial charge in [-0.05, 0) is 43.6 Å². The molecule has 2 N–H and O–H groups in total. The lowest BCUT2D eigenvalue weighted by atomic mass is 10.2. The molecule has 20 heavy (non-hydrogen) atoms. The van der Waals surface area contributed by atoms with Crippen molar-refractivity contribution >= 4 is 34.5 Å². The first-order valence-electron chi connectivity index (χ1n) is 5.72. The molecule has 2 rings (SSSR count). The van der Waals surface area contributed by atoms with Gasteiger partial charge in [-0.15, -0.1) is 0 Å². The molecule has 0 spiro atoms. The van der Waals surface area contributed by atoms with E-state index < -0.39 is 11.9 Å². The van der Waals surface area contributed by atoms with Crippen LogP contribution in [0.1, 0.15) is 27.6 Å². The number of aromatic carboxylic acids is 1. The molecule has 0 bridgehead atoms. The van der Waals surface area contributed by atoms with Gasteiger partial charge in [0.25, 0.3) is 0 Å². The van der Waals surface area contributed by atoms with Gasteiger partial charge in [0, 0.05) is 6.08 Å². The van der Waals surface area contributed by atoms with Crippen LogP contribution in [0.4, 0.5) is 5.00 Å². The monoisotopic (exact) mass is 292 g/mol. The third kappa shape index (κ3) is 3.12. The summed E-state index contributed by atoms with van der Waals surface area (Å²) in [7, 11) is 0. The molecule has 2 aromatic rings. The third-order valence-corrected chi connectivity index (χ3v) is 3.33. The van der Waals surface area contributed by atoms with Crippen LogP contribution >= 0.6 is 11.5 Å². The molecular weight excluding hydrogens is 280 g/mol. The molecule has 0 radical (unpaired) electrons. The number of aryl methyl sites for hydroxylation is 2. The number of nitrogens with zero attached hydrogens (tertiary/aromatic N) is 1. The zero-order valence-electron chi connectivity index (χ0n) is 10.8. The number of anilines is 1. The van der Waals surface area contributed by atoms with E-state index in [1.807, 2.05) is 0 Å². The Morgan fingerprint density at radius 1 is 1.40 bits per heavy atom. The molecule has 0 unspecified atom stereocenters. The summed E-state index contributed by atoms with van der Waals surface area (Å²) in [5.41, 5.74) is 0.397. The zero-order chi connectivity index (χ0) is 14.7. The van der Waals surface area contributed by atoms with Crippen LogP contribution in [-0.4, -0.2) is 21.4 Å². The second-order valence-corrected chi connectivity index (χ2v) is 4.82. The van der Waals surface area contributed by atoms with Crippen LogP contribution in [0, 0.1) is 13.8 Å². The topological polar surface area (TPSA) is 92.4 Å². The molecule has 2 heterocycles. The molecule has 0 aliphatic rings. The minimum Gasteiger partial charge on any atom is -0.478 e. The van der Waals surface area contributed by atoms with Crippen LogP contribution in [0.5, 0.6) is 0 Å². The number of carbonyl (C=O) groups excluding carboxylic acids is 1. The van der Waals surface area contributed by atoms with E-state index in [1.54, 1.807) is 26.0 Å². The number of hydrogen-bond acceptors (Lipinski definition) is 5. The zero-order valence-corrected chi connectivity index (χ0v) is 11.7. The number of hydrogen-bond donors (Lipinski definition) is 2. The number of carboxylic acid groups (broad SMARTS) is 1. The molecule has 7 heteroatoms. The molecule has 0 atom stereocenters. The number of amides is 1. The highest BCUT2D eigenvalue weighted by molar-refractivity contribution is 7.11. The molecule has 104 valence electrons. The Morgan fingerprint density at radius 3 is 2.75 bits per heavy atom. The highest BCUT2D eigenvalue weighted by atomic mass is 32.1. The molecule has 0 aromatic carbocycles. The standard InChI is InChI=1S/C13H12N2O4S/c1-7-3-4-9(19-7)5-6-10(16)14-12-11(13(17)18)8(2)15-20-12/h3-6H,1-2H3,(H,14,16)(H,17,18)/b6-5+. The van der Waals surface area contributed by atoms with Crippen LogP contribution in [0.2, 0.25) is 0 Å². The minimum absolute atomic E-state index is 0.0191. The summed E-state index contributed by atoms with van der Waals surface area (Å²) < 4.78 is 9.20. The van der Waals surface area contributed by atoms with Gasteiger partial charge in [0.2, 0.25) is 5.91 Å². The predicted molar refractivity (Wildman–Crippen MR) is 74.9 cm³/mol. The van der Waals surface area contributed by atoms with E-state index in [0.29, 0.717) is 11.5 Å². The molecule has 0 fully saturated rings. The maximum Gasteiger partial charge on any atom is 0.340 e. The Balaban J connectivity index is 2.09. The predicted octanol–water partition coefficient (Wildman–Crippen LogP) is 2.70. The number of furan rings is 1. The van der Waals surface area contributed by atoms with Crippen LogP contribution in [-0.2, 0) is 4.79 Å². The van der Waals surface area contributed by atoms with Gasteiger partial charge < -0.3 is 14.8 Å². The summed E-state index contributed by atoms with van der Waals surface area (Å²) in [5, 5.41) is 11.8. The lowest BCUT2D eigenvalue weighted by molar-refractivity contribution is -0.111. The van der Waals surface area contributed by atoms with Crippen LogP contribution in [0.25, 0.3) is 6.08 Å². The minimum atomic E-state index is -1.11. The van der Waals surface area contributed by atoms with E-state index in [-0.39, 0.29) is 10.6 Å².